The Morgan fingerprint density at radius 3 is 2.62 bits per heavy atom. The standard InChI is InChI=1S/C22H24N4O2S/c1-27-18-8-7-15(13-19(18)28-2)21-17(14-25-11-9-23-10-12-25)26-16-5-3-4-6-20(16)29-22(26)24-21/h3-8,13,23H,9-12,14H2,1-2H3. The molecular weight excluding hydrogens is 384 g/mol. The molecule has 0 atom stereocenters. The van der Waals surface area contributed by atoms with Crippen molar-refractivity contribution in [3.8, 4) is 22.8 Å². The van der Waals surface area contributed by atoms with Crippen LogP contribution in [0.15, 0.2) is 42.5 Å². The Labute approximate surface area is 173 Å². The summed E-state index contributed by atoms with van der Waals surface area (Å²) in [6, 6.07) is 14.6. The lowest BCUT2D eigenvalue weighted by Gasteiger charge is -2.27. The highest BCUT2D eigenvalue weighted by atomic mass is 32.1. The van der Waals surface area contributed by atoms with Crippen LogP contribution in [0, 0.1) is 0 Å². The number of hydrogen-bond acceptors (Lipinski definition) is 6. The van der Waals surface area contributed by atoms with Gasteiger partial charge in [0, 0.05) is 38.3 Å². The van der Waals surface area contributed by atoms with Crippen LogP contribution >= 0.6 is 11.3 Å². The van der Waals surface area contributed by atoms with Crippen LogP contribution < -0.4 is 14.8 Å². The number of aromatic nitrogens is 2. The summed E-state index contributed by atoms with van der Waals surface area (Å²) in [5.74, 6) is 1.45. The maximum absolute atomic E-state index is 5.54. The lowest BCUT2D eigenvalue weighted by molar-refractivity contribution is 0.231. The number of nitrogens with zero attached hydrogens (tertiary/aromatic N) is 3. The molecule has 2 aromatic heterocycles. The second kappa shape index (κ2) is 7.67. The average molecular weight is 409 g/mol. The van der Waals surface area contributed by atoms with Gasteiger partial charge in [-0.05, 0) is 30.3 Å². The Hall–Kier alpha value is -2.61. The largest absolute Gasteiger partial charge is 0.493 e. The van der Waals surface area contributed by atoms with E-state index in [-0.39, 0.29) is 0 Å². The molecule has 29 heavy (non-hydrogen) atoms. The smallest absolute Gasteiger partial charge is 0.195 e. The first-order valence-corrected chi connectivity index (χ1v) is 10.6. The summed E-state index contributed by atoms with van der Waals surface area (Å²) in [6.07, 6.45) is 0. The number of benzene rings is 2. The molecule has 3 heterocycles. The van der Waals surface area contributed by atoms with Crippen molar-refractivity contribution in [1.29, 1.82) is 0 Å². The highest BCUT2D eigenvalue weighted by molar-refractivity contribution is 7.23. The molecule has 0 unspecified atom stereocenters. The topological polar surface area (TPSA) is 51.0 Å². The van der Waals surface area contributed by atoms with Crippen molar-refractivity contribution >= 4 is 26.5 Å². The summed E-state index contributed by atoms with van der Waals surface area (Å²) in [6.45, 7) is 5.00. The third kappa shape index (κ3) is 3.25. The van der Waals surface area contributed by atoms with E-state index in [1.807, 2.05) is 12.1 Å². The summed E-state index contributed by atoms with van der Waals surface area (Å²) in [4.78, 5) is 8.58. The molecule has 0 amide bonds. The van der Waals surface area contributed by atoms with Crippen molar-refractivity contribution in [2.45, 2.75) is 6.54 Å². The molecule has 7 heteroatoms. The van der Waals surface area contributed by atoms with Crippen LogP contribution in [0.1, 0.15) is 5.69 Å². The quantitative estimate of drug-likeness (QED) is 0.546. The highest BCUT2D eigenvalue weighted by Gasteiger charge is 2.22. The predicted octanol–water partition coefficient (Wildman–Crippen LogP) is 3.64. The second-order valence-electron chi connectivity index (χ2n) is 7.19. The van der Waals surface area contributed by atoms with Crippen molar-refractivity contribution in [3.63, 3.8) is 0 Å². The van der Waals surface area contributed by atoms with Gasteiger partial charge in [-0.2, -0.15) is 0 Å². The van der Waals surface area contributed by atoms with Crippen molar-refractivity contribution in [3.05, 3.63) is 48.2 Å². The molecule has 0 radical (unpaired) electrons. The molecule has 0 aliphatic carbocycles. The summed E-state index contributed by atoms with van der Waals surface area (Å²) < 4.78 is 14.5. The van der Waals surface area contributed by atoms with Crippen LogP contribution in [0.2, 0.25) is 0 Å². The maximum atomic E-state index is 5.54. The number of fused-ring (bicyclic) bond motifs is 3. The molecule has 0 spiro atoms. The third-order valence-electron chi connectivity index (χ3n) is 5.49. The molecule has 4 aromatic rings. The van der Waals surface area contributed by atoms with Gasteiger partial charge in [0.25, 0.3) is 0 Å². The number of hydrogen-bond donors (Lipinski definition) is 1. The minimum absolute atomic E-state index is 0.722. The fraction of sp³-hybridized carbons (Fsp3) is 0.318. The van der Waals surface area contributed by atoms with E-state index in [1.54, 1.807) is 25.6 Å². The van der Waals surface area contributed by atoms with Gasteiger partial charge in [-0.25, -0.2) is 4.98 Å². The molecule has 1 aliphatic heterocycles. The number of para-hydroxylation sites is 1. The molecule has 2 aromatic carbocycles. The lowest BCUT2D eigenvalue weighted by Crippen LogP contribution is -2.43. The molecule has 6 nitrogen and oxygen atoms in total. The maximum Gasteiger partial charge on any atom is 0.195 e. The Balaban J connectivity index is 1.69. The first-order chi connectivity index (χ1) is 14.3. The normalized spacial score (nSPS) is 15.2. The molecule has 0 bridgehead atoms. The SMILES string of the molecule is COc1ccc(-c2nc3sc4ccccc4n3c2CN2CCNCC2)cc1OC. The van der Waals surface area contributed by atoms with Gasteiger partial charge in [-0.1, -0.05) is 23.5 Å². The zero-order chi connectivity index (χ0) is 19.8. The van der Waals surface area contributed by atoms with E-state index in [4.69, 9.17) is 14.5 Å². The molecule has 0 saturated carbocycles. The summed E-state index contributed by atoms with van der Waals surface area (Å²) >= 11 is 1.74. The highest BCUT2D eigenvalue weighted by Crippen LogP contribution is 2.37. The van der Waals surface area contributed by atoms with Crippen molar-refractivity contribution in [1.82, 2.24) is 19.6 Å². The Bertz CT molecular complexity index is 1160. The number of ether oxygens (including phenoxy) is 2. The van der Waals surface area contributed by atoms with Gasteiger partial charge in [-0.15, -0.1) is 0 Å². The van der Waals surface area contributed by atoms with Crippen LogP contribution in [-0.4, -0.2) is 54.7 Å². The van der Waals surface area contributed by atoms with Gasteiger partial charge in [0.15, 0.2) is 16.5 Å². The summed E-state index contributed by atoms with van der Waals surface area (Å²) in [5.41, 5.74) is 4.51. The Morgan fingerprint density at radius 2 is 1.83 bits per heavy atom. The zero-order valence-electron chi connectivity index (χ0n) is 16.6. The minimum atomic E-state index is 0.722. The molecule has 1 fully saturated rings. The third-order valence-corrected chi connectivity index (χ3v) is 6.51. The Kier molecular flexibility index (Phi) is 4.87. The number of thiazole rings is 1. The summed E-state index contributed by atoms with van der Waals surface area (Å²) in [5, 5.41) is 3.44. The van der Waals surface area contributed by atoms with Gasteiger partial charge >= 0.3 is 0 Å². The molecular formula is C22H24N4O2S. The second-order valence-corrected chi connectivity index (χ2v) is 8.20. The van der Waals surface area contributed by atoms with Gasteiger partial charge < -0.3 is 14.8 Å². The van der Waals surface area contributed by atoms with Gasteiger partial charge in [0.2, 0.25) is 0 Å². The minimum Gasteiger partial charge on any atom is -0.493 e. The van der Waals surface area contributed by atoms with Crippen LogP contribution in [0.4, 0.5) is 0 Å². The van der Waals surface area contributed by atoms with E-state index in [9.17, 15) is 0 Å². The number of piperazine rings is 1. The number of nitrogens with one attached hydrogen (secondary N) is 1. The molecule has 5 rings (SSSR count). The summed E-state index contributed by atoms with van der Waals surface area (Å²) in [7, 11) is 3.33. The van der Waals surface area contributed by atoms with E-state index >= 15 is 0 Å². The first kappa shape index (κ1) is 18.4. The first-order valence-electron chi connectivity index (χ1n) is 9.83. The van der Waals surface area contributed by atoms with E-state index in [2.05, 4.69) is 44.9 Å². The lowest BCUT2D eigenvalue weighted by atomic mass is 10.1. The monoisotopic (exact) mass is 408 g/mol. The fourth-order valence-corrected chi connectivity index (χ4v) is 5.06. The van der Waals surface area contributed by atoms with E-state index in [1.165, 1.54) is 15.9 Å². The van der Waals surface area contributed by atoms with Crippen LogP contribution in [-0.2, 0) is 6.54 Å². The number of methoxy groups -OCH3 is 2. The zero-order valence-corrected chi connectivity index (χ0v) is 17.5. The number of imidazole rings is 1. The molecule has 1 aliphatic rings. The number of rotatable bonds is 5. The van der Waals surface area contributed by atoms with E-state index in [0.717, 1.165) is 60.4 Å². The van der Waals surface area contributed by atoms with Gasteiger partial charge in [-0.3, -0.25) is 9.30 Å². The van der Waals surface area contributed by atoms with Crippen molar-refractivity contribution in [2.75, 3.05) is 40.4 Å². The molecule has 1 saturated heterocycles. The Morgan fingerprint density at radius 1 is 1.03 bits per heavy atom. The van der Waals surface area contributed by atoms with Crippen molar-refractivity contribution < 1.29 is 9.47 Å². The van der Waals surface area contributed by atoms with Gasteiger partial charge in [0.05, 0.1) is 35.8 Å². The fourth-order valence-electron chi connectivity index (χ4n) is 4.02. The average Bonchev–Trinajstić information content (AvgIpc) is 3.30. The van der Waals surface area contributed by atoms with E-state index in [0.29, 0.717) is 0 Å². The van der Waals surface area contributed by atoms with Crippen LogP contribution in [0.25, 0.3) is 26.4 Å². The molecule has 150 valence electrons. The van der Waals surface area contributed by atoms with Crippen LogP contribution in [0.3, 0.4) is 0 Å². The van der Waals surface area contributed by atoms with Gasteiger partial charge in [0.1, 0.15) is 0 Å². The van der Waals surface area contributed by atoms with Crippen molar-refractivity contribution in [2.24, 2.45) is 0 Å². The van der Waals surface area contributed by atoms with E-state index < -0.39 is 0 Å². The molecule has 1 N–H and O–H groups in total. The van der Waals surface area contributed by atoms with Crippen LogP contribution in [0.5, 0.6) is 11.5 Å². The predicted molar refractivity (Wildman–Crippen MR) is 117 cm³/mol.